The van der Waals surface area contributed by atoms with Gasteiger partial charge in [0.1, 0.15) is 11.5 Å². The molecule has 0 bridgehead atoms. The number of ketones is 1. The van der Waals surface area contributed by atoms with E-state index in [-0.39, 0.29) is 12.3 Å². The van der Waals surface area contributed by atoms with E-state index in [2.05, 4.69) is 20.5 Å². The summed E-state index contributed by atoms with van der Waals surface area (Å²) in [6.45, 7) is 0.709. The number of carbonyl (C=O) groups is 1. The highest BCUT2D eigenvalue weighted by atomic mass is 19.4. The van der Waals surface area contributed by atoms with Crippen LogP contribution in [-0.4, -0.2) is 34.8 Å². The van der Waals surface area contributed by atoms with Crippen LogP contribution in [0.1, 0.15) is 22.8 Å². The van der Waals surface area contributed by atoms with Crippen molar-refractivity contribution in [2.45, 2.75) is 12.1 Å². The standard InChI is InChI=1S/C20H15F3N4O2/c21-20(22,23)11-3-1-2-10(6-11)15-4-5-16(29-15)17-12-7-25-27-19(12)26-13-8-24-9-14(28)18(13)17/h1-7,17-18,24H,8-9H2,(H,25,27). The van der Waals surface area contributed by atoms with Gasteiger partial charge in [0.25, 0.3) is 0 Å². The first-order chi connectivity index (χ1) is 13.9. The van der Waals surface area contributed by atoms with E-state index in [1.807, 2.05) is 0 Å². The van der Waals surface area contributed by atoms with Crippen LogP contribution in [0.15, 0.2) is 52.0 Å². The number of aromatic amines is 1. The van der Waals surface area contributed by atoms with Gasteiger partial charge in [0, 0.05) is 23.4 Å². The van der Waals surface area contributed by atoms with Gasteiger partial charge in [-0.1, -0.05) is 12.1 Å². The third kappa shape index (κ3) is 2.98. The van der Waals surface area contributed by atoms with Gasteiger partial charge in [-0.15, -0.1) is 0 Å². The number of H-pyrrole nitrogens is 1. The largest absolute Gasteiger partial charge is 0.460 e. The molecule has 2 aliphatic heterocycles. The average molecular weight is 400 g/mol. The number of furan rings is 1. The van der Waals surface area contributed by atoms with Crippen molar-refractivity contribution in [2.24, 2.45) is 10.9 Å². The number of hydrogen-bond acceptors (Lipinski definition) is 5. The fourth-order valence-corrected chi connectivity index (χ4v) is 3.98. The summed E-state index contributed by atoms with van der Waals surface area (Å²) in [7, 11) is 0. The number of nitrogens with zero attached hydrogens (tertiary/aromatic N) is 2. The zero-order chi connectivity index (χ0) is 20.2. The lowest BCUT2D eigenvalue weighted by Gasteiger charge is -2.32. The van der Waals surface area contributed by atoms with E-state index in [0.29, 0.717) is 35.2 Å². The second kappa shape index (κ2) is 6.41. The Morgan fingerprint density at radius 2 is 1.97 bits per heavy atom. The van der Waals surface area contributed by atoms with Crippen molar-refractivity contribution in [1.29, 1.82) is 0 Å². The monoisotopic (exact) mass is 400 g/mol. The van der Waals surface area contributed by atoms with Crippen molar-refractivity contribution in [2.75, 3.05) is 13.1 Å². The molecule has 2 unspecified atom stereocenters. The summed E-state index contributed by atoms with van der Waals surface area (Å²) in [4.78, 5) is 17.1. The second-order valence-corrected chi connectivity index (χ2v) is 7.08. The first-order valence-electron chi connectivity index (χ1n) is 9.03. The molecule has 2 aliphatic rings. The molecule has 1 fully saturated rings. The molecule has 0 amide bonds. The Morgan fingerprint density at radius 1 is 1.10 bits per heavy atom. The number of nitrogens with one attached hydrogen (secondary N) is 2. The van der Waals surface area contributed by atoms with Crippen molar-refractivity contribution < 1.29 is 22.4 Å². The Balaban J connectivity index is 1.57. The minimum Gasteiger partial charge on any atom is -0.460 e. The number of halogens is 3. The third-order valence-electron chi connectivity index (χ3n) is 5.29. The zero-order valence-electron chi connectivity index (χ0n) is 15.0. The molecule has 2 aromatic heterocycles. The van der Waals surface area contributed by atoms with Crippen LogP contribution in [0.3, 0.4) is 0 Å². The molecule has 0 saturated carbocycles. The molecule has 0 aliphatic carbocycles. The van der Waals surface area contributed by atoms with Crippen LogP contribution >= 0.6 is 0 Å². The quantitative estimate of drug-likeness (QED) is 0.687. The normalized spacial score (nSPS) is 21.5. The fourth-order valence-electron chi connectivity index (χ4n) is 3.98. The van der Waals surface area contributed by atoms with Crippen LogP contribution in [0, 0.1) is 5.92 Å². The fraction of sp³-hybridized carbons (Fsp3) is 0.250. The van der Waals surface area contributed by atoms with Crippen molar-refractivity contribution in [3.8, 4) is 11.3 Å². The predicted octanol–water partition coefficient (Wildman–Crippen LogP) is 3.70. The van der Waals surface area contributed by atoms with Gasteiger partial charge in [-0.05, 0) is 24.3 Å². The van der Waals surface area contributed by atoms with Gasteiger partial charge in [0.15, 0.2) is 11.6 Å². The minimum absolute atomic E-state index is 0.0103. The summed E-state index contributed by atoms with van der Waals surface area (Å²) >= 11 is 0. The number of aromatic nitrogens is 2. The van der Waals surface area contributed by atoms with Crippen LogP contribution in [0.2, 0.25) is 0 Å². The van der Waals surface area contributed by atoms with Crippen LogP contribution < -0.4 is 5.32 Å². The molecule has 1 aromatic carbocycles. The van der Waals surface area contributed by atoms with E-state index in [9.17, 15) is 18.0 Å². The van der Waals surface area contributed by atoms with Gasteiger partial charge in [0.05, 0.1) is 30.1 Å². The van der Waals surface area contributed by atoms with Crippen LogP contribution in [0.5, 0.6) is 0 Å². The summed E-state index contributed by atoms with van der Waals surface area (Å²) in [5.74, 6) is 0.445. The molecule has 2 N–H and O–H groups in total. The first kappa shape index (κ1) is 17.9. The van der Waals surface area contributed by atoms with Gasteiger partial charge >= 0.3 is 6.18 Å². The zero-order valence-corrected chi connectivity index (χ0v) is 15.0. The van der Waals surface area contributed by atoms with Gasteiger partial charge in [-0.2, -0.15) is 18.3 Å². The molecule has 0 radical (unpaired) electrons. The highest BCUT2D eigenvalue weighted by Crippen LogP contribution is 2.44. The lowest BCUT2D eigenvalue weighted by molar-refractivity contribution is -0.137. The Kier molecular flexibility index (Phi) is 3.95. The van der Waals surface area contributed by atoms with Crippen molar-refractivity contribution in [3.63, 3.8) is 0 Å². The maximum Gasteiger partial charge on any atom is 0.416 e. The summed E-state index contributed by atoms with van der Waals surface area (Å²) in [5.41, 5.74) is 1.00. The van der Waals surface area contributed by atoms with Crippen LogP contribution in [-0.2, 0) is 11.0 Å². The summed E-state index contributed by atoms with van der Waals surface area (Å²) in [6.07, 6.45) is -2.82. The van der Waals surface area contributed by atoms with E-state index < -0.39 is 23.6 Å². The van der Waals surface area contributed by atoms with Crippen molar-refractivity contribution >= 4 is 17.3 Å². The Hall–Kier alpha value is -3.20. The molecular weight excluding hydrogens is 385 g/mol. The highest BCUT2D eigenvalue weighted by molar-refractivity contribution is 6.11. The van der Waals surface area contributed by atoms with Crippen LogP contribution in [0.4, 0.5) is 19.0 Å². The van der Waals surface area contributed by atoms with Gasteiger partial charge < -0.3 is 9.73 Å². The lowest BCUT2D eigenvalue weighted by atomic mass is 9.76. The number of rotatable bonds is 2. The van der Waals surface area contributed by atoms with E-state index in [4.69, 9.17) is 4.42 Å². The molecule has 0 spiro atoms. The van der Waals surface area contributed by atoms with E-state index in [1.165, 1.54) is 6.07 Å². The second-order valence-electron chi connectivity index (χ2n) is 7.08. The summed E-state index contributed by atoms with van der Waals surface area (Å²) in [5, 5.41) is 9.89. The maximum absolute atomic E-state index is 13.0. The molecular formula is C20H15F3N4O2. The van der Waals surface area contributed by atoms with Crippen molar-refractivity contribution in [1.82, 2.24) is 15.5 Å². The van der Waals surface area contributed by atoms with Gasteiger partial charge in [-0.25, -0.2) is 4.99 Å². The number of hydrogen-bond donors (Lipinski definition) is 2. The number of aliphatic imine (C=N–C) groups is 1. The predicted molar refractivity (Wildman–Crippen MR) is 98.0 cm³/mol. The Labute approximate surface area is 162 Å². The summed E-state index contributed by atoms with van der Waals surface area (Å²) in [6, 6.07) is 8.30. The Morgan fingerprint density at radius 3 is 2.79 bits per heavy atom. The first-order valence-corrected chi connectivity index (χ1v) is 9.03. The SMILES string of the molecule is O=C1CNCC2=Nc3[nH]ncc3C(c3ccc(-c4cccc(C(F)(F)F)c4)o3)C12. The van der Waals surface area contributed by atoms with Crippen LogP contribution in [0.25, 0.3) is 11.3 Å². The number of alkyl halides is 3. The topological polar surface area (TPSA) is 83.3 Å². The van der Waals surface area contributed by atoms with E-state index in [0.717, 1.165) is 17.7 Å². The number of Topliss-reactive ketones (excluding diaryl/α,β-unsaturated/α-hetero) is 1. The highest BCUT2D eigenvalue weighted by Gasteiger charge is 2.43. The maximum atomic E-state index is 13.0. The summed E-state index contributed by atoms with van der Waals surface area (Å²) < 4.78 is 45.1. The molecule has 1 saturated heterocycles. The molecule has 6 nitrogen and oxygen atoms in total. The molecule has 4 heterocycles. The molecule has 5 rings (SSSR count). The molecule has 3 aromatic rings. The van der Waals surface area contributed by atoms with Gasteiger partial charge in [0.2, 0.25) is 0 Å². The number of benzene rings is 1. The third-order valence-corrected chi connectivity index (χ3v) is 5.29. The minimum atomic E-state index is -4.44. The molecule has 29 heavy (non-hydrogen) atoms. The van der Waals surface area contributed by atoms with E-state index >= 15 is 0 Å². The molecule has 9 heteroatoms. The Bertz CT molecular complexity index is 1130. The number of piperidine rings is 1. The lowest BCUT2D eigenvalue weighted by Crippen LogP contribution is -2.48. The molecule has 2 atom stereocenters. The van der Waals surface area contributed by atoms with E-state index in [1.54, 1.807) is 24.4 Å². The number of carbonyl (C=O) groups excluding carboxylic acids is 1. The smallest absolute Gasteiger partial charge is 0.416 e. The van der Waals surface area contributed by atoms with Gasteiger partial charge in [-0.3, -0.25) is 9.89 Å². The average Bonchev–Trinajstić information content (AvgIpc) is 3.35. The number of fused-ring (bicyclic) bond motifs is 2. The molecule has 148 valence electrons. The van der Waals surface area contributed by atoms with Crippen molar-refractivity contribution in [3.05, 3.63) is 59.5 Å².